The fraction of sp³-hybridized carbons (Fsp3) is 0.438. The molecule has 0 saturated carbocycles. The Bertz CT molecular complexity index is 493. The van der Waals surface area contributed by atoms with Crippen molar-refractivity contribution in [2.75, 3.05) is 0 Å². The lowest BCUT2D eigenvalue weighted by Crippen LogP contribution is -2.24. The lowest BCUT2D eigenvalue weighted by molar-refractivity contribution is 0.431. The first kappa shape index (κ1) is 14.7. The molecule has 2 rings (SSSR count). The highest BCUT2D eigenvalue weighted by atomic mass is 19.1. The zero-order valence-corrected chi connectivity index (χ0v) is 12.1. The van der Waals surface area contributed by atoms with Crippen LogP contribution < -0.4 is 5.32 Å². The van der Waals surface area contributed by atoms with Crippen LogP contribution in [0.5, 0.6) is 0 Å². The van der Waals surface area contributed by atoms with E-state index in [9.17, 15) is 4.39 Å². The third-order valence-corrected chi connectivity index (χ3v) is 3.59. The summed E-state index contributed by atoms with van der Waals surface area (Å²) >= 11 is 0. The van der Waals surface area contributed by atoms with Gasteiger partial charge in [-0.05, 0) is 31.0 Å². The van der Waals surface area contributed by atoms with Gasteiger partial charge in [-0.25, -0.2) is 4.39 Å². The lowest BCUT2D eigenvalue weighted by Gasteiger charge is -2.23. The minimum absolute atomic E-state index is 0.189. The summed E-state index contributed by atoms with van der Waals surface area (Å²) in [5, 5.41) is 10.4. The highest BCUT2D eigenvalue weighted by Gasteiger charge is 2.15. The molecule has 0 saturated heterocycles. The van der Waals surface area contributed by atoms with Crippen molar-refractivity contribution in [3.05, 3.63) is 53.6 Å². The second kappa shape index (κ2) is 7.20. The summed E-state index contributed by atoms with van der Waals surface area (Å²) in [5.41, 5.74) is 2.27. The average Bonchev–Trinajstić information content (AvgIpc) is 2.98. The molecule has 0 fully saturated rings. The molecule has 20 heavy (non-hydrogen) atoms. The molecule has 1 aromatic heterocycles. The van der Waals surface area contributed by atoms with Crippen LogP contribution in [0.1, 0.15) is 56.3 Å². The summed E-state index contributed by atoms with van der Waals surface area (Å²) in [6.07, 6.45) is 7.08. The predicted molar refractivity (Wildman–Crippen MR) is 78.8 cm³/mol. The van der Waals surface area contributed by atoms with E-state index in [-0.39, 0.29) is 17.9 Å². The molecule has 4 heteroatoms. The number of H-pyrrole nitrogens is 1. The van der Waals surface area contributed by atoms with Crippen molar-refractivity contribution in [2.24, 2.45) is 0 Å². The fourth-order valence-corrected chi connectivity index (χ4v) is 2.35. The van der Waals surface area contributed by atoms with Gasteiger partial charge in [-0.1, -0.05) is 31.9 Å². The second-order valence-corrected chi connectivity index (χ2v) is 5.17. The number of benzene rings is 1. The fourth-order valence-electron chi connectivity index (χ4n) is 2.35. The molecule has 2 unspecified atom stereocenters. The van der Waals surface area contributed by atoms with Gasteiger partial charge in [0, 0.05) is 23.8 Å². The molecule has 0 amide bonds. The molecule has 0 aliphatic heterocycles. The largest absolute Gasteiger partial charge is 0.303 e. The Kier molecular flexibility index (Phi) is 5.30. The molecule has 1 aromatic carbocycles. The van der Waals surface area contributed by atoms with E-state index in [1.54, 1.807) is 0 Å². The minimum Gasteiger partial charge on any atom is -0.303 e. The third kappa shape index (κ3) is 3.90. The van der Waals surface area contributed by atoms with Crippen molar-refractivity contribution in [1.29, 1.82) is 0 Å². The number of nitrogens with one attached hydrogen (secondary N) is 2. The van der Waals surface area contributed by atoms with Crippen LogP contribution in [0.25, 0.3) is 0 Å². The summed E-state index contributed by atoms with van der Waals surface area (Å²) < 4.78 is 13.1. The van der Waals surface area contributed by atoms with Crippen LogP contribution >= 0.6 is 0 Å². The molecule has 0 spiro atoms. The van der Waals surface area contributed by atoms with E-state index in [2.05, 4.69) is 29.4 Å². The van der Waals surface area contributed by atoms with Crippen LogP contribution in [0, 0.1) is 5.82 Å². The molecule has 0 aliphatic carbocycles. The van der Waals surface area contributed by atoms with Gasteiger partial charge in [0.15, 0.2) is 0 Å². The topological polar surface area (TPSA) is 40.7 Å². The summed E-state index contributed by atoms with van der Waals surface area (Å²) in [7, 11) is 0. The smallest absolute Gasteiger partial charge is 0.123 e. The molecule has 2 N–H and O–H groups in total. The van der Waals surface area contributed by atoms with Crippen LogP contribution in [-0.2, 0) is 0 Å². The number of rotatable bonds is 7. The van der Waals surface area contributed by atoms with Crippen LogP contribution in [0.2, 0.25) is 0 Å². The third-order valence-electron chi connectivity index (χ3n) is 3.59. The minimum atomic E-state index is -0.189. The molecule has 2 atom stereocenters. The zero-order chi connectivity index (χ0) is 14.4. The van der Waals surface area contributed by atoms with E-state index in [0.29, 0.717) is 0 Å². The number of aromatic amines is 1. The molecule has 3 nitrogen and oxygen atoms in total. The Labute approximate surface area is 119 Å². The molecular weight excluding hydrogens is 253 g/mol. The van der Waals surface area contributed by atoms with Crippen LogP contribution in [-0.4, -0.2) is 10.2 Å². The van der Waals surface area contributed by atoms with Crippen molar-refractivity contribution < 1.29 is 4.39 Å². The van der Waals surface area contributed by atoms with Crippen LogP contribution in [0.4, 0.5) is 4.39 Å². The molecular formula is C16H22FN3. The first-order chi connectivity index (χ1) is 9.70. The number of unbranched alkanes of at least 4 members (excludes halogenated alkanes) is 1. The molecule has 2 aromatic rings. The Morgan fingerprint density at radius 1 is 1.25 bits per heavy atom. The Hall–Kier alpha value is -1.68. The van der Waals surface area contributed by atoms with E-state index in [4.69, 9.17) is 0 Å². The second-order valence-electron chi connectivity index (χ2n) is 5.17. The number of aromatic nitrogens is 2. The van der Waals surface area contributed by atoms with E-state index >= 15 is 0 Å². The van der Waals surface area contributed by atoms with Crippen molar-refractivity contribution >= 4 is 0 Å². The number of hydrogen-bond donors (Lipinski definition) is 2. The Morgan fingerprint density at radius 2 is 2.00 bits per heavy atom. The SMILES string of the molecule is CCCCC(NC(C)c1cn[nH]c1)c1ccc(F)cc1. The number of nitrogens with zero attached hydrogens (tertiary/aromatic N) is 1. The summed E-state index contributed by atoms with van der Waals surface area (Å²) in [5.74, 6) is -0.189. The first-order valence-electron chi connectivity index (χ1n) is 7.21. The van der Waals surface area contributed by atoms with Crippen molar-refractivity contribution in [2.45, 2.75) is 45.2 Å². The predicted octanol–water partition coefficient (Wildman–Crippen LogP) is 4.13. The van der Waals surface area contributed by atoms with Crippen molar-refractivity contribution in [3.63, 3.8) is 0 Å². The van der Waals surface area contributed by atoms with Gasteiger partial charge in [-0.3, -0.25) is 5.10 Å². The van der Waals surface area contributed by atoms with E-state index < -0.39 is 0 Å². The Balaban J connectivity index is 2.08. The van der Waals surface area contributed by atoms with Gasteiger partial charge < -0.3 is 5.32 Å². The van der Waals surface area contributed by atoms with Crippen LogP contribution in [0.15, 0.2) is 36.7 Å². The van der Waals surface area contributed by atoms with Gasteiger partial charge in [0.05, 0.1) is 6.20 Å². The standard InChI is InChI=1S/C16H22FN3/c1-3-4-5-16(13-6-8-15(17)9-7-13)20-12(2)14-10-18-19-11-14/h6-12,16,20H,3-5H2,1-2H3,(H,18,19). The van der Waals surface area contributed by atoms with Crippen LogP contribution in [0.3, 0.4) is 0 Å². The van der Waals surface area contributed by atoms with E-state index in [1.807, 2.05) is 24.5 Å². The monoisotopic (exact) mass is 275 g/mol. The molecule has 1 heterocycles. The molecule has 108 valence electrons. The maximum atomic E-state index is 13.1. The number of hydrogen-bond acceptors (Lipinski definition) is 2. The maximum absolute atomic E-state index is 13.1. The van der Waals surface area contributed by atoms with E-state index in [0.717, 1.165) is 30.4 Å². The van der Waals surface area contributed by atoms with E-state index in [1.165, 1.54) is 12.1 Å². The van der Waals surface area contributed by atoms with Gasteiger partial charge in [0.25, 0.3) is 0 Å². The van der Waals surface area contributed by atoms with Gasteiger partial charge in [-0.15, -0.1) is 0 Å². The number of halogens is 1. The van der Waals surface area contributed by atoms with Crippen molar-refractivity contribution in [3.8, 4) is 0 Å². The van der Waals surface area contributed by atoms with Gasteiger partial charge >= 0.3 is 0 Å². The highest BCUT2D eigenvalue weighted by molar-refractivity contribution is 5.21. The Morgan fingerprint density at radius 3 is 2.60 bits per heavy atom. The summed E-state index contributed by atoms with van der Waals surface area (Å²) in [4.78, 5) is 0. The summed E-state index contributed by atoms with van der Waals surface area (Å²) in [6.45, 7) is 4.30. The molecule has 0 radical (unpaired) electrons. The van der Waals surface area contributed by atoms with Gasteiger partial charge in [-0.2, -0.15) is 5.10 Å². The molecule has 0 bridgehead atoms. The maximum Gasteiger partial charge on any atom is 0.123 e. The highest BCUT2D eigenvalue weighted by Crippen LogP contribution is 2.24. The quantitative estimate of drug-likeness (QED) is 0.797. The first-order valence-corrected chi connectivity index (χ1v) is 7.21. The zero-order valence-electron chi connectivity index (χ0n) is 12.1. The van der Waals surface area contributed by atoms with Gasteiger partial charge in [0.1, 0.15) is 5.82 Å². The normalized spacial score (nSPS) is 14.2. The summed E-state index contributed by atoms with van der Waals surface area (Å²) in [6, 6.07) is 7.23. The molecule has 0 aliphatic rings. The van der Waals surface area contributed by atoms with Crippen molar-refractivity contribution in [1.82, 2.24) is 15.5 Å². The average molecular weight is 275 g/mol. The lowest BCUT2D eigenvalue weighted by atomic mass is 9.99. The van der Waals surface area contributed by atoms with Gasteiger partial charge in [0.2, 0.25) is 0 Å².